The molecular weight excluding hydrogens is 599 g/mol. The van der Waals surface area contributed by atoms with Crippen molar-refractivity contribution in [2.45, 2.75) is 45.5 Å². The van der Waals surface area contributed by atoms with Gasteiger partial charge in [0.2, 0.25) is 11.8 Å². The van der Waals surface area contributed by atoms with Crippen molar-refractivity contribution in [2.24, 2.45) is 0 Å². The molecule has 4 aromatic rings. The summed E-state index contributed by atoms with van der Waals surface area (Å²) in [7, 11) is 0. The van der Waals surface area contributed by atoms with Crippen molar-refractivity contribution in [3.8, 4) is 23.1 Å². The molecule has 1 fully saturated rings. The lowest BCUT2D eigenvalue weighted by molar-refractivity contribution is -0.129. The van der Waals surface area contributed by atoms with E-state index in [9.17, 15) is 22.8 Å². The zero-order valence-electron chi connectivity index (χ0n) is 25.3. The number of halogens is 3. The number of Topliss-reactive ketones (excluding diaryl/α,β-unsaturated/α-hetero) is 1. The molecule has 9 nitrogen and oxygen atoms in total. The molecule has 1 aliphatic heterocycles. The molecule has 2 aromatic heterocycles. The second-order valence-electron chi connectivity index (χ2n) is 11.4. The van der Waals surface area contributed by atoms with E-state index in [1.54, 1.807) is 42.2 Å². The fraction of sp³-hybridized carbons (Fsp3) is 0.294. The lowest BCUT2D eigenvalue weighted by Gasteiger charge is -2.32. The molecule has 0 atom stereocenters. The highest BCUT2D eigenvalue weighted by atomic mass is 19.3. The van der Waals surface area contributed by atoms with Crippen LogP contribution in [0.2, 0.25) is 0 Å². The number of ketones is 1. The van der Waals surface area contributed by atoms with Crippen LogP contribution in [0.1, 0.15) is 58.3 Å². The first-order valence-electron chi connectivity index (χ1n) is 14.9. The Morgan fingerprint density at radius 3 is 2.54 bits per heavy atom. The number of rotatable bonds is 9. The van der Waals surface area contributed by atoms with Gasteiger partial charge in [0, 0.05) is 38.1 Å². The largest absolute Gasteiger partial charge is 0.487 e. The minimum atomic E-state index is -2.64. The Balaban J connectivity index is 1.22. The van der Waals surface area contributed by atoms with Crippen LogP contribution in [-0.4, -0.2) is 57.5 Å². The fourth-order valence-electron chi connectivity index (χ4n) is 5.98. The molecule has 6 rings (SSSR count). The van der Waals surface area contributed by atoms with Gasteiger partial charge in [0.15, 0.2) is 17.3 Å². The predicted molar refractivity (Wildman–Crippen MR) is 165 cm³/mol. The molecule has 0 radical (unpaired) electrons. The Hall–Kier alpha value is -5.13. The molecule has 1 saturated heterocycles. The van der Waals surface area contributed by atoms with Crippen LogP contribution in [0.5, 0.6) is 17.4 Å². The molecule has 1 amide bonds. The SMILES string of the molecule is CC(=O)N1CCC(c2cc3c(cc2OCC(F)F)C=C(C(=O)c2cnn(-c4cnc(Oc5ccccc5F)cc4C)c2N)C3)CC1. The summed E-state index contributed by atoms with van der Waals surface area (Å²) in [4.78, 5) is 31.6. The zero-order valence-corrected chi connectivity index (χ0v) is 25.3. The third-order valence-corrected chi connectivity index (χ3v) is 8.41. The maximum Gasteiger partial charge on any atom is 0.272 e. The third kappa shape index (κ3) is 6.19. The predicted octanol–water partition coefficient (Wildman–Crippen LogP) is 6.28. The van der Waals surface area contributed by atoms with Crippen LogP contribution in [0.25, 0.3) is 11.8 Å². The first-order valence-corrected chi connectivity index (χ1v) is 14.9. The molecule has 0 saturated carbocycles. The topological polar surface area (TPSA) is 113 Å². The number of aryl methyl sites for hydroxylation is 1. The lowest BCUT2D eigenvalue weighted by atomic mass is 9.87. The summed E-state index contributed by atoms with van der Waals surface area (Å²) in [6.45, 7) is 3.74. The van der Waals surface area contributed by atoms with Crippen molar-refractivity contribution in [1.29, 1.82) is 0 Å². The van der Waals surface area contributed by atoms with Crippen LogP contribution in [0.15, 0.2) is 60.4 Å². The highest BCUT2D eigenvalue weighted by Crippen LogP contribution is 2.40. The van der Waals surface area contributed by atoms with Crippen molar-refractivity contribution in [3.05, 3.63) is 94.1 Å². The summed E-state index contributed by atoms with van der Waals surface area (Å²) in [5.74, 6) is -0.0817. The molecule has 0 unspecified atom stereocenters. The average molecular weight is 632 g/mol. The number of alkyl halides is 2. The van der Waals surface area contributed by atoms with E-state index in [1.807, 2.05) is 6.07 Å². The van der Waals surface area contributed by atoms with Gasteiger partial charge < -0.3 is 20.1 Å². The standard InChI is InChI=1S/C34H32F3N5O4/c1-19-11-32(46-29-6-4-3-5-27(29)35)39-17-28(19)42-34(38)26(16-40-42)33(44)24-12-22-14-25(21-7-9-41(10-8-21)20(2)43)30(15-23(22)13-24)45-18-31(36)37/h3-6,11,13-17,21,31H,7-10,12,18,38H2,1-2H3. The second-order valence-corrected chi connectivity index (χ2v) is 11.4. The molecule has 12 heteroatoms. The first kappa shape index (κ1) is 30.9. The Labute approximate surface area is 263 Å². The molecule has 2 aliphatic rings. The fourth-order valence-corrected chi connectivity index (χ4v) is 5.98. The van der Waals surface area contributed by atoms with Gasteiger partial charge in [0.25, 0.3) is 6.43 Å². The minimum absolute atomic E-state index is 0.00808. The number of ether oxygens (including phenoxy) is 2. The number of aromatic nitrogens is 3. The van der Waals surface area contributed by atoms with Crippen molar-refractivity contribution in [2.75, 3.05) is 25.4 Å². The number of para-hydroxylation sites is 1. The number of pyridine rings is 1. The number of anilines is 1. The van der Waals surface area contributed by atoms with E-state index in [4.69, 9.17) is 15.2 Å². The van der Waals surface area contributed by atoms with E-state index in [0.717, 1.165) is 11.1 Å². The van der Waals surface area contributed by atoms with E-state index in [2.05, 4.69) is 10.1 Å². The number of carbonyl (C=O) groups is 2. The maximum atomic E-state index is 14.0. The number of amides is 1. The van der Waals surface area contributed by atoms with Crippen molar-refractivity contribution in [1.82, 2.24) is 19.7 Å². The van der Waals surface area contributed by atoms with Gasteiger partial charge in [-0.3, -0.25) is 9.59 Å². The number of likely N-dealkylation sites (tertiary alicyclic amines) is 1. The van der Waals surface area contributed by atoms with Gasteiger partial charge >= 0.3 is 0 Å². The van der Waals surface area contributed by atoms with E-state index < -0.39 is 18.8 Å². The van der Waals surface area contributed by atoms with E-state index >= 15 is 0 Å². The van der Waals surface area contributed by atoms with Crippen molar-refractivity contribution in [3.63, 3.8) is 0 Å². The maximum absolute atomic E-state index is 14.0. The minimum Gasteiger partial charge on any atom is -0.487 e. The Morgan fingerprint density at radius 1 is 1.09 bits per heavy atom. The number of allylic oxidation sites excluding steroid dienone is 1. The molecule has 2 N–H and O–H groups in total. The van der Waals surface area contributed by atoms with Gasteiger partial charge in [-0.1, -0.05) is 18.2 Å². The van der Waals surface area contributed by atoms with E-state index in [-0.39, 0.29) is 40.6 Å². The van der Waals surface area contributed by atoms with Gasteiger partial charge in [0.05, 0.1) is 23.6 Å². The zero-order chi connectivity index (χ0) is 32.5. The third-order valence-electron chi connectivity index (χ3n) is 8.41. The monoisotopic (exact) mass is 631 g/mol. The normalized spacial score (nSPS) is 14.7. The number of hydrogen-bond acceptors (Lipinski definition) is 7. The number of fused-ring (bicyclic) bond motifs is 1. The van der Waals surface area contributed by atoms with E-state index in [1.165, 1.54) is 36.1 Å². The number of benzene rings is 2. The Kier molecular flexibility index (Phi) is 8.53. The number of nitrogens with two attached hydrogens (primary N) is 1. The van der Waals surface area contributed by atoms with Crippen molar-refractivity contribution >= 4 is 23.6 Å². The summed E-state index contributed by atoms with van der Waals surface area (Å²) in [6, 6.07) is 11.3. The highest BCUT2D eigenvalue weighted by molar-refractivity contribution is 6.15. The molecule has 0 spiro atoms. The Bertz CT molecular complexity index is 1850. The van der Waals surface area contributed by atoms with Crippen LogP contribution in [0.3, 0.4) is 0 Å². The molecule has 0 bridgehead atoms. The summed E-state index contributed by atoms with van der Waals surface area (Å²) in [6.07, 6.45) is 3.67. The number of hydrogen-bond donors (Lipinski definition) is 1. The molecule has 1 aliphatic carbocycles. The lowest BCUT2D eigenvalue weighted by Crippen LogP contribution is -2.36. The summed E-state index contributed by atoms with van der Waals surface area (Å²) in [5, 5.41) is 4.35. The van der Waals surface area contributed by atoms with Crippen LogP contribution in [-0.2, 0) is 11.2 Å². The first-order chi connectivity index (χ1) is 22.1. The van der Waals surface area contributed by atoms with Crippen LogP contribution < -0.4 is 15.2 Å². The molecule has 3 heterocycles. The molecule has 46 heavy (non-hydrogen) atoms. The quantitative estimate of drug-likeness (QED) is 0.216. The van der Waals surface area contributed by atoms with Crippen LogP contribution in [0.4, 0.5) is 19.0 Å². The van der Waals surface area contributed by atoms with Gasteiger partial charge in [-0.2, -0.15) is 5.10 Å². The van der Waals surface area contributed by atoms with Crippen LogP contribution in [0, 0.1) is 12.7 Å². The van der Waals surface area contributed by atoms with E-state index in [0.29, 0.717) is 60.5 Å². The van der Waals surface area contributed by atoms with Gasteiger partial charge in [-0.05, 0) is 72.2 Å². The molecule has 2 aromatic carbocycles. The molecule has 238 valence electrons. The van der Waals surface area contributed by atoms with Gasteiger partial charge in [-0.25, -0.2) is 22.8 Å². The smallest absolute Gasteiger partial charge is 0.272 e. The highest BCUT2D eigenvalue weighted by Gasteiger charge is 2.29. The average Bonchev–Trinajstić information content (AvgIpc) is 3.63. The van der Waals surface area contributed by atoms with Crippen molar-refractivity contribution < 1.29 is 32.2 Å². The summed E-state index contributed by atoms with van der Waals surface area (Å²) >= 11 is 0. The van der Waals surface area contributed by atoms with Crippen LogP contribution >= 0.6 is 0 Å². The number of carbonyl (C=O) groups excluding carboxylic acids is 2. The second kappa shape index (κ2) is 12.7. The van der Waals surface area contributed by atoms with Gasteiger partial charge in [-0.15, -0.1) is 0 Å². The summed E-state index contributed by atoms with van der Waals surface area (Å²) in [5.41, 5.74) is 10.7. The number of piperidine rings is 1. The number of nitrogen functional groups attached to an aromatic ring is 1. The summed E-state index contributed by atoms with van der Waals surface area (Å²) < 4.78 is 52.8. The molecular formula is C34H32F3N5O4. The number of nitrogens with zero attached hydrogens (tertiary/aromatic N) is 4. The van der Waals surface area contributed by atoms with Gasteiger partial charge in [0.1, 0.15) is 18.2 Å². The Morgan fingerprint density at radius 2 is 1.85 bits per heavy atom.